The number of fused-ring (bicyclic) bond motifs is 1. The van der Waals surface area contributed by atoms with Crippen LogP contribution in [-0.4, -0.2) is 33.0 Å². The lowest BCUT2D eigenvalue weighted by Crippen LogP contribution is -2.30. The molecule has 1 aliphatic rings. The van der Waals surface area contributed by atoms with Gasteiger partial charge in [0.05, 0.1) is 11.8 Å². The number of hydrogen-bond donors (Lipinski definition) is 1. The van der Waals surface area contributed by atoms with Crippen molar-refractivity contribution in [3.63, 3.8) is 0 Å². The van der Waals surface area contributed by atoms with Crippen LogP contribution in [0.25, 0.3) is 0 Å². The minimum Gasteiger partial charge on any atom is -0.485 e. The Bertz CT molecular complexity index is 1020. The van der Waals surface area contributed by atoms with Gasteiger partial charge < -0.3 is 19.4 Å². The molecule has 4 rings (SSSR count). The van der Waals surface area contributed by atoms with Gasteiger partial charge in [-0.3, -0.25) is 4.79 Å². The lowest BCUT2D eigenvalue weighted by molar-refractivity contribution is -0.119. The van der Waals surface area contributed by atoms with Crippen molar-refractivity contribution in [2.24, 2.45) is 7.05 Å². The molecule has 0 aliphatic carbocycles. The predicted molar refractivity (Wildman–Crippen MR) is 119 cm³/mol. The number of ether oxygens (including phenoxy) is 2. The maximum atomic E-state index is 12.6. The molecule has 0 bridgehead atoms. The van der Waals surface area contributed by atoms with Crippen molar-refractivity contribution in [2.45, 2.75) is 37.1 Å². The standard InChI is InChI=1S/C23H26N4O3S/c1-3-9-17(16-10-5-4-6-11-16)24-21(28)15-31-23-26-25-22(27(23)2)20-14-29-18-12-7-8-13-19(18)30-20/h4-8,10-13,17,20H,3,9,14-15H2,1-2H3,(H,24,28). The number of para-hydroxylation sites is 2. The fourth-order valence-corrected chi connectivity index (χ4v) is 4.27. The third-order valence-corrected chi connectivity index (χ3v) is 6.13. The van der Waals surface area contributed by atoms with Crippen molar-refractivity contribution in [2.75, 3.05) is 12.4 Å². The highest BCUT2D eigenvalue weighted by molar-refractivity contribution is 7.99. The second kappa shape index (κ2) is 9.87. The highest BCUT2D eigenvalue weighted by Crippen LogP contribution is 2.35. The molecule has 0 radical (unpaired) electrons. The Hall–Kier alpha value is -3.00. The molecule has 1 aromatic heterocycles. The SMILES string of the molecule is CCCC(NC(=O)CSc1nnc(C2COc3ccccc3O2)n1C)c1ccccc1. The number of rotatable bonds is 8. The van der Waals surface area contributed by atoms with E-state index in [0.29, 0.717) is 23.3 Å². The Labute approximate surface area is 186 Å². The molecule has 1 aliphatic heterocycles. The third-order valence-electron chi connectivity index (χ3n) is 5.11. The van der Waals surface area contributed by atoms with Gasteiger partial charge in [-0.15, -0.1) is 10.2 Å². The van der Waals surface area contributed by atoms with Gasteiger partial charge in [0.2, 0.25) is 5.91 Å². The lowest BCUT2D eigenvalue weighted by atomic mass is 10.0. The van der Waals surface area contributed by atoms with E-state index < -0.39 is 0 Å². The molecule has 2 heterocycles. The smallest absolute Gasteiger partial charge is 0.230 e. The molecule has 1 amide bonds. The zero-order chi connectivity index (χ0) is 21.6. The molecule has 0 saturated carbocycles. The van der Waals surface area contributed by atoms with Gasteiger partial charge in [0.15, 0.2) is 28.6 Å². The summed E-state index contributed by atoms with van der Waals surface area (Å²) < 4.78 is 13.7. The number of aromatic nitrogens is 3. The summed E-state index contributed by atoms with van der Waals surface area (Å²) in [6.45, 7) is 2.48. The number of carbonyl (C=O) groups excluding carboxylic acids is 1. The molecule has 2 atom stereocenters. The Kier molecular flexibility index (Phi) is 6.76. The van der Waals surface area contributed by atoms with E-state index in [0.717, 1.165) is 24.2 Å². The minimum atomic E-state index is -0.345. The van der Waals surface area contributed by atoms with E-state index in [1.807, 2.05) is 66.2 Å². The molecule has 0 fully saturated rings. The summed E-state index contributed by atoms with van der Waals surface area (Å²) in [7, 11) is 1.88. The first-order valence-electron chi connectivity index (χ1n) is 10.4. The van der Waals surface area contributed by atoms with E-state index >= 15 is 0 Å². The van der Waals surface area contributed by atoms with Gasteiger partial charge in [-0.25, -0.2) is 0 Å². The molecule has 0 saturated heterocycles. The van der Waals surface area contributed by atoms with Crippen molar-refractivity contribution in [1.82, 2.24) is 20.1 Å². The number of benzene rings is 2. The second-order valence-electron chi connectivity index (χ2n) is 7.37. The van der Waals surface area contributed by atoms with Crippen LogP contribution >= 0.6 is 11.8 Å². The van der Waals surface area contributed by atoms with Crippen molar-refractivity contribution >= 4 is 17.7 Å². The topological polar surface area (TPSA) is 78.3 Å². The fourth-order valence-electron chi connectivity index (χ4n) is 3.54. The molecular formula is C23H26N4O3S. The third kappa shape index (κ3) is 5.02. The summed E-state index contributed by atoms with van der Waals surface area (Å²) in [4.78, 5) is 12.6. The number of nitrogens with one attached hydrogen (secondary N) is 1. The predicted octanol–water partition coefficient (Wildman–Crippen LogP) is 4.08. The minimum absolute atomic E-state index is 0.0159. The van der Waals surface area contributed by atoms with Gasteiger partial charge in [0.1, 0.15) is 6.61 Å². The van der Waals surface area contributed by atoms with E-state index in [1.165, 1.54) is 11.8 Å². The zero-order valence-electron chi connectivity index (χ0n) is 17.7. The van der Waals surface area contributed by atoms with Crippen molar-refractivity contribution < 1.29 is 14.3 Å². The second-order valence-corrected chi connectivity index (χ2v) is 8.31. The van der Waals surface area contributed by atoms with E-state index in [-0.39, 0.29) is 23.8 Å². The average Bonchev–Trinajstić information content (AvgIpc) is 3.18. The Balaban J connectivity index is 1.36. The highest BCUT2D eigenvalue weighted by Gasteiger charge is 2.27. The van der Waals surface area contributed by atoms with Crippen LogP contribution in [0, 0.1) is 0 Å². The van der Waals surface area contributed by atoms with Crippen LogP contribution in [0.1, 0.15) is 43.3 Å². The fraction of sp³-hybridized carbons (Fsp3) is 0.348. The first kappa shape index (κ1) is 21.2. The normalized spacial score (nSPS) is 16.0. The Morgan fingerprint density at radius 1 is 1.16 bits per heavy atom. The van der Waals surface area contributed by atoms with Crippen LogP contribution in [0.2, 0.25) is 0 Å². The van der Waals surface area contributed by atoms with Crippen LogP contribution in [0.15, 0.2) is 59.8 Å². The summed E-state index contributed by atoms with van der Waals surface area (Å²) in [6, 6.07) is 17.7. The molecule has 2 aromatic carbocycles. The molecule has 1 N–H and O–H groups in total. The van der Waals surface area contributed by atoms with Crippen molar-refractivity contribution in [3.05, 3.63) is 66.0 Å². The van der Waals surface area contributed by atoms with Crippen LogP contribution in [0.4, 0.5) is 0 Å². The molecule has 31 heavy (non-hydrogen) atoms. The van der Waals surface area contributed by atoms with E-state index in [1.54, 1.807) is 0 Å². The quantitative estimate of drug-likeness (QED) is 0.534. The summed E-state index contributed by atoms with van der Waals surface area (Å²) in [5.41, 5.74) is 1.12. The molecule has 8 heteroatoms. The maximum Gasteiger partial charge on any atom is 0.230 e. The monoisotopic (exact) mass is 438 g/mol. The van der Waals surface area contributed by atoms with Gasteiger partial charge in [0, 0.05) is 7.05 Å². The lowest BCUT2D eigenvalue weighted by Gasteiger charge is -2.25. The first-order chi connectivity index (χ1) is 15.2. The van der Waals surface area contributed by atoms with Gasteiger partial charge >= 0.3 is 0 Å². The summed E-state index contributed by atoms with van der Waals surface area (Å²) in [5.74, 6) is 2.34. The van der Waals surface area contributed by atoms with Gasteiger partial charge in [-0.05, 0) is 24.1 Å². The molecule has 0 spiro atoms. The van der Waals surface area contributed by atoms with Crippen molar-refractivity contribution in [3.8, 4) is 11.5 Å². The molecule has 3 aromatic rings. The van der Waals surface area contributed by atoms with Crippen molar-refractivity contribution in [1.29, 1.82) is 0 Å². The average molecular weight is 439 g/mol. The first-order valence-corrected chi connectivity index (χ1v) is 11.4. The maximum absolute atomic E-state index is 12.6. The van der Waals surface area contributed by atoms with Crippen LogP contribution in [0.3, 0.4) is 0 Å². The number of thioether (sulfide) groups is 1. The summed E-state index contributed by atoms with van der Waals surface area (Å²) >= 11 is 1.36. The number of carbonyl (C=O) groups is 1. The largest absolute Gasteiger partial charge is 0.485 e. The van der Waals surface area contributed by atoms with Crippen LogP contribution < -0.4 is 14.8 Å². The highest BCUT2D eigenvalue weighted by atomic mass is 32.2. The number of amides is 1. The van der Waals surface area contributed by atoms with E-state index in [2.05, 4.69) is 22.4 Å². The van der Waals surface area contributed by atoms with Crippen LogP contribution in [0.5, 0.6) is 11.5 Å². The number of hydrogen-bond acceptors (Lipinski definition) is 6. The van der Waals surface area contributed by atoms with E-state index in [9.17, 15) is 4.79 Å². The molecular weight excluding hydrogens is 412 g/mol. The Morgan fingerprint density at radius 3 is 2.68 bits per heavy atom. The molecule has 7 nitrogen and oxygen atoms in total. The van der Waals surface area contributed by atoms with Gasteiger partial charge in [-0.2, -0.15) is 0 Å². The van der Waals surface area contributed by atoms with E-state index in [4.69, 9.17) is 9.47 Å². The summed E-state index contributed by atoms with van der Waals surface area (Å²) in [6.07, 6.45) is 1.55. The van der Waals surface area contributed by atoms with Gasteiger partial charge in [-0.1, -0.05) is 67.6 Å². The van der Waals surface area contributed by atoms with Crippen LogP contribution in [-0.2, 0) is 11.8 Å². The molecule has 162 valence electrons. The Morgan fingerprint density at radius 2 is 1.90 bits per heavy atom. The summed E-state index contributed by atoms with van der Waals surface area (Å²) in [5, 5.41) is 12.3. The zero-order valence-corrected chi connectivity index (χ0v) is 18.5. The number of nitrogens with zero attached hydrogens (tertiary/aromatic N) is 3. The van der Waals surface area contributed by atoms with Gasteiger partial charge in [0.25, 0.3) is 0 Å². The molecule has 2 unspecified atom stereocenters.